The standard InChI is InChI=1S/C12H18N2O5S/c13-9-1-3-10(4-2-9)19-5-6-20(17,18)14-7-11(15)12(16)8-14/h1-4,11-12,15-16H,5-8,13H2. The maximum atomic E-state index is 12.0. The summed E-state index contributed by atoms with van der Waals surface area (Å²) in [6.45, 7) is -0.161. The van der Waals surface area contributed by atoms with Crippen LogP contribution in [0.4, 0.5) is 5.69 Å². The first-order valence-corrected chi connectivity index (χ1v) is 7.82. The van der Waals surface area contributed by atoms with E-state index in [0.717, 1.165) is 4.31 Å². The van der Waals surface area contributed by atoms with Crippen molar-refractivity contribution in [1.29, 1.82) is 0 Å². The zero-order valence-electron chi connectivity index (χ0n) is 10.8. The van der Waals surface area contributed by atoms with Gasteiger partial charge in [0.15, 0.2) is 0 Å². The predicted octanol–water partition coefficient (Wildman–Crippen LogP) is -0.985. The molecule has 112 valence electrons. The Morgan fingerprint density at radius 3 is 2.30 bits per heavy atom. The Morgan fingerprint density at radius 1 is 1.20 bits per heavy atom. The van der Waals surface area contributed by atoms with E-state index >= 15 is 0 Å². The SMILES string of the molecule is Nc1ccc(OCCS(=O)(=O)N2CC(O)C(O)C2)cc1. The van der Waals surface area contributed by atoms with Gasteiger partial charge in [0.2, 0.25) is 10.0 Å². The normalized spacial score (nSPS) is 23.9. The lowest BCUT2D eigenvalue weighted by atomic mass is 10.3. The van der Waals surface area contributed by atoms with Crippen LogP contribution >= 0.6 is 0 Å². The zero-order valence-corrected chi connectivity index (χ0v) is 11.7. The van der Waals surface area contributed by atoms with Crippen molar-refractivity contribution in [3.05, 3.63) is 24.3 Å². The van der Waals surface area contributed by atoms with Gasteiger partial charge in [0.05, 0.1) is 18.0 Å². The van der Waals surface area contributed by atoms with E-state index in [0.29, 0.717) is 11.4 Å². The number of aliphatic hydroxyl groups is 2. The molecule has 7 nitrogen and oxygen atoms in total. The first-order valence-electron chi connectivity index (χ1n) is 6.21. The van der Waals surface area contributed by atoms with E-state index in [1.54, 1.807) is 24.3 Å². The highest BCUT2D eigenvalue weighted by Gasteiger charge is 2.36. The number of rotatable bonds is 5. The van der Waals surface area contributed by atoms with Gasteiger partial charge >= 0.3 is 0 Å². The lowest BCUT2D eigenvalue weighted by molar-refractivity contribution is 0.0572. The summed E-state index contributed by atoms with van der Waals surface area (Å²) in [6, 6.07) is 6.64. The molecule has 2 unspecified atom stereocenters. The minimum atomic E-state index is -3.54. The van der Waals surface area contributed by atoms with Gasteiger partial charge in [-0.2, -0.15) is 4.31 Å². The van der Waals surface area contributed by atoms with Gasteiger partial charge in [-0.1, -0.05) is 0 Å². The van der Waals surface area contributed by atoms with Gasteiger partial charge < -0.3 is 20.7 Å². The highest BCUT2D eigenvalue weighted by atomic mass is 32.2. The molecule has 0 aromatic heterocycles. The fourth-order valence-electron chi connectivity index (χ4n) is 1.92. The molecule has 4 N–H and O–H groups in total. The molecule has 0 spiro atoms. The summed E-state index contributed by atoms with van der Waals surface area (Å²) in [5.41, 5.74) is 6.13. The van der Waals surface area contributed by atoms with Gasteiger partial charge in [-0.15, -0.1) is 0 Å². The topological polar surface area (TPSA) is 113 Å². The third-order valence-electron chi connectivity index (χ3n) is 3.11. The fourth-order valence-corrected chi connectivity index (χ4v) is 3.23. The van der Waals surface area contributed by atoms with Gasteiger partial charge in [-0.25, -0.2) is 8.42 Å². The molecule has 1 heterocycles. The third-order valence-corrected chi connectivity index (χ3v) is 4.88. The molecule has 1 aliphatic heterocycles. The number of ether oxygens (including phenoxy) is 1. The quantitative estimate of drug-likeness (QED) is 0.602. The molecule has 1 saturated heterocycles. The summed E-state index contributed by atoms with van der Waals surface area (Å²) in [5, 5.41) is 18.7. The van der Waals surface area contributed by atoms with Crippen LogP contribution in [0.15, 0.2) is 24.3 Å². The van der Waals surface area contributed by atoms with Crippen LogP contribution in [0.2, 0.25) is 0 Å². The molecule has 0 bridgehead atoms. The maximum Gasteiger partial charge on any atom is 0.217 e. The molecule has 0 amide bonds. The van der Waals surface area contributed by atoms with Crippen molar-refractivity contribution in [2.24, 2.45) is 0 Å². The minimum absolute atomic E-state index is 0.00502. The molecule has 1 fully saturated rings. The van der Waals surface area contributed by atoms with Crippen molar-refractivity contribution in [2.45, 2.75) is 12.2 Å². The lowest BCUT2D eigenvalue weighted by Crippen LogP contribution is -2.33. The van der Waals surface area contributed by atoms with E-state index in [2.05, 4.69) is 0 Å². The van der Waals surface area contributed by atoms with Crippen molar-refractivity contribution in [3.8, 4) is 5.75 Å². The second-order valence-corrected chi connectivity index (χ2v) is 6.77. The van der Waals surface area contributed by atoms with Crippen LogP contribution in [0.1, 0.15) is 0 Å². The Balaban J connectivity index is 1.85. The van der Waals surface area contributed by atoms with Crippen LogP contribution < -0.4 is 10.5 Å². The van der Waals surface area contributed by atoms with Gasteiger partial charge in [-0.3, -0.25) is 0 Å². The van der Waals surface area contributed by atoms with Crippen LogP contribution in [-0.4, -0.2) is 60.6 Å². The number of β-amino-alcohol motifs (C(OH)–C–C–N with tert-alkyl or cyclic N) is 2. The monoisotopic (exact) mass is 302 g/mol. The van der Waals surface area contributed by atoms with E-state index in [-0.39, 0.29) is 25.4 Å². The summed E-state index contributed by atoms with van der Waals surface area (Å²) in [4.78, 5) is 0. The molecule has 0 saturated carbocycles. The number of nitrogens with zero attached hydrogens (tertiary/aromatic N) is 1. The van der Waals surface area contributed by atoms with Gasteiger partial charge in [0.25, 0.3) is 0 Å². The first-order chi connectivity index (χ1) is 9.38. The Hall–Kier alpha value is -1.35. The average molecular weight is 302 g/mol. The van der Waals surface area contributed by atoms with E-state index < -0.39 is 22.2 Å². The van der Waals surface area contributed by atoms with E-state index in [1.165, 1.54) is 0 Å². The van der Waals surface area contributed by atoms with Gasteiger partial charge in [0.1, 0.15) is 12.4 Å². The number of sulfonamides is 1. The number of aliphatic hydroxyl groups excluding tert-OH is 2. The Morgan fingerprint density at radius 2 is 1.75 bits per heavy atom. The number of nitrogen functional groups attached to an aromatic ring is 1. The maximum absolute atomic E-state index is 12.0. The number of hydrogen-bond acceptors (Lipinski definition) is 6. The first kappa shape index (κ1) is 15.0. The van der Waals surface area contributed by atoms with Crippen LogP contribution in [0.25, 0.3) is 0 Å². The Labute approximate surface area is 117 Å². The molecule has 1 aromatic carbocycles. The highest BCUT2D eigenvalue weighted by molar-refractivity contribution is 7.89. The average Bonchev–Trinajstić information content (AvgIpc) is 2.73. The molecular weight excluding hydrogens is 284 g/mol. The van der Waals surface area contributed by atoms with E-state index in [4.69, 9.17) is 10.5 Å². The van der Waals surface area contributed by atoms with E-state index in [1.807, 2.05) is 0 Å². The minimum Gasteiger partial charge on any atom is -0.492 e. The summed E-state index contributed by atoms with van der Waals surface area (Å²) in [7, 11) is -3.54. The molecule has 20 heavy (non-hydrogen) atoms. The molecule has 0 radical (unpaired) electrons. The molecule has 2 rings (SSSR count). The summed E-state index contributed by atoms with van der Waals surface area (Å²) in [6.07, 6.45) is -2.05. The molecular formula is C12H18N2O5S. The van der Waals surface area contributed by atoms with Crippen molar-refractivity contribution in [2.75, 3.05) is 31.2 Å². The van der Waals surface area contributed by atoms with Crippen LogP contribution in [-0.2, 0) is 10.0 Å². The zero-order chi connectivity index (χ0) is 14.8. The van der Waals surface area contributed by atoms with E-state index in [9.17, 15) is 18.6 Å². The van der Waals surface area contributed by atoms with Gasteiger partial charge in [-0.05, 0) is 24.3 Å². The molecule has 0 aliphatic carbocycles. The van der Waals surface area contributed by atoms with Crippen LogP contribution in [0.3, 0.4) is 0 Å². The molecule has 1 aliphatic rings. The van der Waals surface area contributed by atoms with Gasteiger partial charge in [0, 0.05) is 18.8 Å². The van der Waals surface area contributed by atoms with Crippen molar-refractivity contribution in [3.63, 3.8) is 0 Å². The summed E-state index contributed by atoms with van der Waals surface area (Å²) >= 11 is 0. The number of nitrogens with two attached hydrogens (primary N) is 1. The third kappa shape index (κ3) is 3.60. The van der Waals surface area contributed by atoms with Crippen molar-refractivity contribution >= 4 is 15.7 Å². The molecule has 1 aromatic rings. The smallest absolute Gasteiger partial charge is 0.217 e. The highest BCUT2D eigenvalue weighted by Crippen LogP contribution is 2.16. The molecule has 8 heteroatoms. The second-order valence-electron chi connectivity index (χ2n) is 4.69. The fraction of sp³-hybridized carbons (Fsp3) is 0.500. The number of anilines is 1. The number of benzene rings is 1. The van der Waals surface area contributed by atoms with Crippen molar-refractivity contribution in [1.82, 2.24) is 4.31 Å². The van der Waals surface area contributed by atoms with Crippen LogP contribution in [0.5, 0.6) is 5.75 Å². The molecule has 2 atom stereocenters. The Kier molecular flexibility index (Phi) is 4.48. The largest absolute Gasteiger partial charge is 0.492 e. The Bertz CT molecular complexity index is 535. The second kappa shape index (κ2) is 5.96. The summed E-state index contributed by atoms with van der Waals surface area (Å²) < 4.78 is 30.3. The predicted molar refractivity (Wildman–Crippen MR) is 73.7 cm³/mol. The van der Waals surface area contributed by atoms with Crippen molar-refractivity contribution < 1.29 is 23.4 Å². The summed E-state index contributed by atoms with van der Waals surface area (Å²) in [5.74, 6) is 0.326. The lowest BCUT2D eigenvalue weighted by Gasteiger charge is -2.15. The van der Waals surface area contributed by atoms with Crippen LogP contribution in [0, 0.1) is 0 Å². The number of hydrogen-bond donors (Lipinski definition) is 3.